The molecule has 0 spiro atoms. The number of carbonyl (C=O) groups excluding carboxylic acids is 1. The van der Waals surface area contributed by atoms with Crippen LogP contribution in [0.1, 0.15) is 16.1 Å². The Bertz CT molecular complexity index is 519. The number of nitrogens with one attached hydrogen (secondary N) is 1. The third kappa shape index (κ3) is 2.44. The van der Waals surface area contributed by atoms with Crippen molar-refractivity contribution < 1.29 is 4.79 Å². The molecule has 2 rings (SSSR count). The van der Waals surface area contributed by atoms with Gasteiger partial charge in [-0.2, -0.15) is 0 Å². The minimum atomic E-state index is -0.527. The highest BCUT2D eigenvalue weighted by Gasteiger charge is 2.13. The summed E-state index contributed by atoms with van der Waals surface area (Å²) in [5.41, 5.74) is 6.64. The second-order valence-corrected chi connectivity index (χ2v) is 3.76. The van der Waals surface area contributed by atoms with Crippen LogP contribution in [0.2, 0.25) is 0 Å². The molecule has 1 aromatic carbocycles. The molecule has 0 saturated carbocycles. The summed E-state index contributed by atoms with van der Waals surface area (Å²) < 4.78 is 1.74. The number of benzene rings is 1. The normalized spacial score (nSPS) is 10.2. The van der Waals surface area contributed by atoms with Crippen molar-refractivity contribution >= 4 is 11.7 Å². The summed E-state index contributed by atoms with van der Waals surface area (Å²) in [7, 11) is 1.81. The molecule has 1 aromatic heterocycles. The van der Waals surface area contributed by atoms with E-state index in [1.165, 1.54) is 0 Å². The van der Waals surface area contributed by atoms with E-state index in [4.69, 9.17) is 5.73 Å². The quantitative estimate of drug-likeness (QED) is 0.827. The van der Waals surface area contributed by atoms with Gasteiger partial charge in [0.15, 0.2) is 5.69 Å². The summed E-state index contributed by atoms with van der Waals surface area (Å²) in [6, 6.07) is 9.91. The molecule has 0 bridgehead atoms. The molecule has 0 fully saturated rings. The van der Waals surface area contributed by atoms with E-state index in [9.17, 15) is 4.79 Å². The monoisotopic (exact) mass is 230 g/mol. The predicted molar refractivity (Wildman–Crippen MR) is 65.5 cm³/mol. The zero-order chi connectivity index (χ0) is 12.3. The van der Waals surface area contributed by atoms with Crippen LogP contribution in [0, 0.1) is 0 Å². The lowest BCUT2D eigenvalue weighted by atomic mass is 10.2. The largest absolute Gasteiger partial charge is 0.365 e. The first-order valence-electron chi connectivity index (χ1n) is 5.27. The SMILES string of the molecule is Cn1cnc(C(N)=O)c1NCc1ccccc1. The molecule has 0 aliphatic heterocycles. The third-order valence-electron chi connectivity index (χ3n) is 2.47. The molecule has 88 valence electrons. The van der Waals surface area contributed by atoms with Gasteiger partial charge >= 0.3 is 0 Å². The van der Waals surface area contributed by atoms with E-state index in [0.717, 1.165) is 5.56 Å². The fourth-order valence-corrected chi connectivity index (χ4v) is 1.60. The second kappa shape index (κ2) is 4.69. The molecule has 2 aromatic rings. The number of aryl methyl sites for hydroxylation is 1. The van der Waals surface area contributed by atoms with Crippen LogP contribution in [0.4, 0.5) is 5.82 Å². The van der Waals surface area contributed by atoms with E-state index in [1.807, 2.05) is 37.4 Å². The molecular weight excluding hydrogens is 216 g/mol. The molecule has 17 heavy (non-hydrogen) atoms. The van der Waals surface area contributed by atoms with Gasteiger partial charge in [0, 0.05) is 13.6 Å². The second-order valence-electron chi connectivity index (χ2n) is 3.76. The molecule has 0 aliphatic carbocycles. The maximum absolute atomic E-state index is 11.2. The van der Waals surface area contributed by atoms with Crippen molar-refractivity contribution in [3.05, 3.63) is 47.9 Å². The smallest absolute Gasteiger partial charge is 0.271 e. The van der Waals surface area contributed by atoms with Gasteiger partial charge in [0.25, 0.3) is 5.91 Å². The average molecular weight is 230 g/mol. The van der Waals surface area contributed by atoms with E-state index in [0.29, 0.717) is 12.4 Å². The van der Waals surface area contributed by atoms with E-state index in [-0.39, 0.29) is 5.69 Å². The number of amides is 1. The van der Waals surface area contributed by atoms with Crippen LogP contribution in [0.15, 0.2) is 36.7 Å². The molecule has 0 saturated heterocycles. The Kier molecular flexibility index (Phi) is 3.09. The van der Waals surface area contributed by atoms with Crippen molar-refractivity contribution in [2.45, 2.75) is 6.54 Å². The number of hydrogen-bond acceptors (Lipinski definition) is 3. The number of imidazole rings is 1. The number of hydrogen-bond donors (Lipinski definition) is 2. The number of carbonyl (C=O) groups is 1. The molecule has 0 unspecified atom stereocenters. The summed E-state index contributed by atoms with van der Waals surface area (Å²) >= 11 is 0. The number of primary amides is 1. The summed E-state index contributed by atoms with van der Waals surface area (Å²) in [5.74, 6) is 0.113. The van der Waals surface area contributed by atoms with Crippen LogP contribution < -0.4 is 11.1 Å². The van der Waals surface area contributed by atoms with Gasteiger partial charge in [-0.3, -0.25) is 4.79 Å². The topological polar surface area (TPSA) is 72.9 Å². The number of nitrogens with zero attached hydrogens (tertiary/aromatic N) is 2. The molecule has 5 nitrogen and oxygen atoms in total. The number of aromatic nitrogens is 2. The Balaban J connectivity index is 2.14. The summed E-state index contributed by atoms with van der Waals surface area (Å²) in [6.07, 6.45) is 1.56. The van der Waals surface area contributed by atoms with Gasteiger partial charge in [-0.15, -0.1) is 0 Å². The molecule has 3 N–H and O–H groups in total. The fraction of sp³-hybridized carbons (Fsp3) is 0.167. The van der Waals surface area contributed by atoms with Crippen molar-refractivity contribution in [1.29, 1.82) is 0 Å². The Labute approximate surface area is 99.3 Å². The number of rotatable bonds is 4. The maximum atomic E-state index is 11.2. The molecule has 0 atom stereocenters. The van der Waals surface area contributed by atoms with E-state index in [2.05, 4.69) is 10.3 Å². The van der Waals surface area contributed by atoms with Crippen LogP contribution in [0.3, 0.4) is 0 Å². The first-order chi connectivity index (χ1) is 8.18. The van der Waals surface area contributed by atoms with Gasteiger partial charge in [-0.05, 0) is 5.56 Å². The van der Waals surface area contributed by atoms with Crippen molar-refractivity contribution in [3.8, 4) is 0 Å². The van der Waals surface area contributed by atoms with Crippen LogP contribution in [-0.2, 0) is 13.6 Å². The Morgan fingerprint density at radius 3 is 2.76 bits per heavy atom. The lowest BCUT2D eigenvalue weighted by Crippen LogP contribution is -2.15. The molecule has 0 radical (unpaired) electrons. The Hall–Kier alpha value is -2.30. The minimum Gasteiger partial charge on any atom is -0.365 e. The zero-order valence-electron chi connectivity index (χ0n) is 9.55. The van der Waals surface area contributed by atoms with Crippen molar-refractivity contribution in [2.75, 3.05) is 5.32 Å². The van der Waals surface area contributed by atoms with E-state index >= 15 is 0 Å². The standard InChI is InChI=1S/C12H14N4O/c1-16-8-15-10(11(13)17)12(16)14-7-9-5-3-2-4-6-9/h2-6,8,14H,7H2,1H3,(H2,13,17). The summed E-state index contributed by atoms with van der Waals surface area (Å²) in [6.45, 7) is 0.626. The van der Waals surface area contributed by atoms with Gasteiger partial charge in [0.2, 0.25) is 0 Å². The van der Waals surface area contributed by atoms with Gasteiger partial charge in [0.05, 0.1) is 6.33 Å². The van der Waals surface area contributed by atoms with Crippen LogP contribution in [0.5, 0.6) is 0 Å². The predicted octanol–water partition coefficient (Wildman–Crippen LogP) is 1.13. The molecular formula is C12H14N4O. The van der Waals surface area contributed by atoms with Crippen LogP contribution in [0.25, 0.3) is 0 Å². The first kappa shape index (κ1) is 11.2. The minimum absolute atomic E-state index is 0.267. The van der Waals surface area contributed by atoms with Crippen molar-refractivity contribution in [1.82, 2.24) is 9.55 Å². The van der Waals surface area contributed by atoms with E-state index < -0.39 is 5.91 Å². The zero-order valence-corrected chi connectivity index (χ0v) is 9.55. The lowest BCUT2D eigenvalue weighted by Gasteiger charge is -2.08. The molecule has 1 heterocycles. The van der Waals surface area contributed by atoms with Crippen LogP contribution >= 0.6 is 0 Å². The maximum Gasteiger partial charge on any atom is 0.271 e. The highest BCUT2D eigenvalue weighted by molar-refractivity contribution is 5.95. The van der Waals surface area contributed by atoms with Gasteiger partial charge in [-0.1, -0.05) is 30.3 Å². The average Bonchev–Trinajstić information content (AvgIpc) is 2.69. The van der Waals surface area contributed by atoms with Gasteiger partial charge in [0.1, 0.15) is 5.82 Å². The molecule has 1 amide bonds. The van der Waals surface area contributed by atoms with Crippen molar-refractivity contribution in [3.63, 3.8) is 0 Å². The Morgan fingerprint density at radius 1 is 1.41 bits per heavy atom. The summed E-state index contributed by atoms with van der Waals surface area (Å²) in [5, 5.41) is 3.16. The summed E-state index contributed by atoms with van der Waals surface area (Å²) in [4.78, 5) is 15.1. The van der Waals surface area contributed by atoms with Gasteiger partial charge in [-0.25, -0.2) is 4.98 Å². The van der Waals surface area contributed by atoms with Crippen molar-refractivity contribution in [2.24, 2.45) is 12.8 Å². The highest BCUT2D eigenvalue weighted by Crippen LogP contribution is 2.13. The van der Waals surface area contributed by atoms with Gasteiger partial charge < -0.3 is 15.6 Å². The lowest BCUT2D eigenvalue weighted by molar-refractivity contribution is 0.0997. The highest BCUT2D eigenvalue weighted by atomic mass is 16.1. The third-order valence-corrected chi connectivity index (χ3v) is 2.47. The number of nitrogens with two attached hydrogens (primary N) is 1. The first-order valence-corrected chi connectivity index (χ1v) is 5.27. The molecule has 0 aliphatic rings. The van der Waals surface area contributed by atoms with E-state index in [1.54, 1.807) is 10.9 Å². The Morgan fingerprint density at radius 2 is 2.12 bits per heavy atom. The molecule has 5 heteroatoms. The fourth-order valence-electron chi connectivity index (χ4n) is 1.60. The number of anilines is 1. The van der Waals surface area contributed by atoms with Crippen LogP contribution in [-0.4, -0.2) is 15.5 Å².